The Morgan fingerprint density at radius 2 is 2.26 bits per heavy atom. The molecule has 0 saturated carbocycles. The van der Waals surface area contributed by atoms with Crippen LogP contribution in [0.3, 0.4) is 0 Å². The highest BCUT2D eigenvalue weighted by Crippen LogP contribution is 2.32. The average Bonchev–Trinajstić information content (AvgIpc) is 2.38. The van der Waals surface area contributed by atoms with E-state index in [0.29, 0.717) is 13.0 Å². The van der Waals surface area contributed by atoms with Crippen LogP contribution in [0.15, 0.2) is 12.1 Å². The molecule has 7 nitrogen and oxygen atoms in total. The maximum Gasteiger partial charge on any atom is 0.311 e. The lowest BCUT2D eigenvalue weighted by Gasteiger charge is -2.34. The molecule has 1 aliphatic rings. The molecule has 2 rings (SSSR count). The van der Waals surface area contributed by atoms with Gasteiger partial charge in [-0.1, -0.05) is 11.6 Å². The molecule has 0 bridgehead atoms. The number of nitrogens with zero attached hydrogens (tertiary/aromatic N) is 3. The zero-order chi connectivity index (χ0) is 14.0. The second kappa shape index (κ2) is 5.40. The average molecular weight is 285 g/mol. The lowest BCUT2D eigenvalue weighted by molar-refractivity contribution is -0.384. The van der Waals surface area contributed by atoms with E-state index in [1.54, 1.807) is 4.90 Å². The maximum atomic E-state index is 11.5. The van der Waals surface area contributed by atoms with Crippen LogP contribution in [-0.2, 0) is 4.79 Å². The number of carbonyl (C=O) groups is 1. The van der Waals surface area contributed by atoms with Gasteiger partial charge in [0, 0.05) is 12.6 Å². The Kier molecular flexibility index (Phi) is 3.84. The third-order valence-electron chi connectivity index (χ3n) is 3.12. The molecule has 19 heavy (non-hydrogen) atoms. The largest absolute Gasteiger partial charge is 0.368 e. The van der Waals surface area contributed by atoms with Crippen molar-refractivity contribution in [3.63, 3.8) is 0 Å². The standard InChI is InChI=1S/C11H13ClN4O3/c12-9-5-4-8(16(18)19)11(14-9)15-6-2-1-3-7(15)10(13)17/h4-5,7H,1-3,6H2,(H2,13,17). The van der Waals surface area contributed by atoms with Crippen LogP contribution in [-0.4, -0.2) is 28.4 Å². The zero-order valence-electron chi connectivity index (χ0n) is 10.1. The number of hydrogen-bond donors (Lipinski definition) is 1. The summed E-state index contributed by atoms with van der Waals surface area (Å²) in [4.78, 5) is 27.5. The van der Waals surface area contributed by atoms with Gasteiger partial charge in [-0.15, -0.1) is 0 Å². The lowest BCUT2D eigenvalue weighted by Crippen LogP contribution is -2.48. The normalized spacial score (nSPS) is 19.2. The van der Waals surface area contributed by atoms with Crippen molar-refractivity contribution in [3.8, 4) is 0 Å². The van der Waals surface area contributed by atoms with E-state index in [2.05, 4.69) is 4.98 Å². The Hall–Kier alpha value is -1.89. The van der Waals surface area contributed by atoms with Crippen molar-refractivity contribution in [1.82, 2.24) is 4.98 Å². The quantitative estimate of drug-likeness (QED) is 0.514. The Labute approximate surface area is 114 Å². The number of aromatic nitrogens is 1. The number of piperidine rings is 1. The second-order valence-corrected chi connectivity index (χ2v) is 4.73. The van der Waals surface area contributed by atoms with E-state index in [-0.39, 0.29) is 16.7 Å². The number of halogens is 1. The monoisotopic (exact) mass is 284 g/mol. The Morgan fingerprint density at radius 3 is 2.89 bits per heavy atom. The topological polar surface area (TPSA) is 102 Å². The van der Waals surface area contributed by atoms with Crippen LogP contribution in [0.2, 0.25) is 5.15 Å². The highest BCUT2D eigenvalue weighted by atomic mass is 35.5. The van der Waals surface area contributed by atoms with Crippen molar-refractivity contribution in [2.75, 3.05) is 11.4 Å². The predicted octanol–water partition coefficient (Wildman–Crippen LogP) is 1.49. The lowest BCUT2D eigenvalue weighted by atomic mass is 10.0. The van der Waals surface area contributed by atoms with Gasteiger partial charge in [0.25, 0.3) is 0 Å². The second-order valence-electron chi connectivity index (χ2n) is 4.34. The summed E-state index contributed by atoms with van der Waals surface area (Å²) >= 11 is 5.79. The van der Waals surface area contributed by atoms with Crippen LogP contribution in [0.4, 0.5) is 11.5 Å². The number of rotatable bonds is 3. The molecule has 1 fully saturated rings. The van der Waals surface area contributed by atoms with Crippen molar-refractivity contribution in [3.05, 3.63) is 27.4 Å². The van der Waals surface area contributed by atoms with Gasteiger partial charge in [-0.25, -0.2) is 4.98 Å². The number of anilines is 1. The summed E-state index contributed by atoms with van der Waals surface area (Å²) in [6.45, 7) is 0.502. The number of carbonyl (C=O) groups excluding carboxylic acids is 1. The molecule has 1 unspecified atom stereocenters. The molecular weight excluding hydrogens is 272 g/mol. The van der Waals surface area contributed by atoms with Crippen LogP contribution >= 0.6 is 11.6 Å². The van der Waals surface area contributed by atoms with E-state index in [0.717, 1.165) is 12.8 Å². The molecule has 102 valence electrons. The fraction of sp³-hybridized carbons (Fsp3) is 0.455. The van der Waals surface area contributed by atoms with Gasteiger partial charge in [-0.2, -0.15) is 0 Å². The number of nitro groups is 1. The minimum atomic E-state index is -0.571. The van der Waals surface area contributed by atoms with E-state index >= 15 is 0 Å². The SMILES string of the molecule is NC(=O)C1CCCCN1c1nc(Cl)ccc1[N+](=O)[O-]. The van der Waals surface area contributed by atoms with Gasteiger partial charge in [0.1, 0.15) is 11.2 Å². The van der Waals surface area contributed by atoms with Gasteiger partial charge >= 0.3 is 5.69 Å². The summed E-state index contributed by atoms with van der Waals surface area (Å²) < 4.78 is 0. The molecule has 0 aromatic carbocycles. The Balaban J connectivity index is 2.46. The number of primary amides is 1. The fourth-order valence-electron chi connectivity index (χ4n) is 2.25. The van der Waals surface area contributed by atoms with Crippen LogP contribution in [0.5, 0.6) is 0 Å². The van der Waals surface area contributed by atoms with Crippen molar-refractivity contribution >= 4 is 29.0 Å². The zero-order valence-corrected chi connectivity index (χ0v) is 10.8. The van der Waals surface area contributed by atoms with Gasteiger partial charge in [0.2, 0.25) is 11.7 Å². The summed E-state index contributed by atoms with van der Waals surface area (Å²) in [6.07, 6.45) is 2.26. The van der Waals surface area contributed by atoms with Gasteiger partial charge in [-0.3, -0.25) is 14.9 Å². The van der Waals surface area contributed by atoms with Gasteiger partial charge in [0.15, 0.2) is 0 Å². The van der Waals surface area contributed by atoms with Crippen LogP contribution in [0, 0.1) is 10.1 Å². The van der Waals surface area contributed by atoms with E-state index in [1.165, 1.54) is 12.1 Å². The van der Waals surface area contributed by atoms with Crippen molar-refractivity contribution < 1.29 is 9.72 Å². The fourth-order valence-corrected chi connectivity index (χ4v) is 2.40. The van der Waals surface area contributed by atoms with Gasteiger partial charge in [-0.05, 0) is 25.3 Å². The van der Waals surface area contributed by atoms with E-state index in [1.807, 2.05) is 0 Å². The number of nitrogens with two attached hydrogens (primary N) is 1. The molecule has 0 radical (unpaired) electrons. The first-order chi connectivity index (χ1) is 9.00. The van der Waals surface area contributed by atoms with E-state index < -0.39 is 16.9 Å². The van der Waals surface area contributed by atoms with E-state index in [4.69, 9.17) is 17.3 Å². The molecule has 1 saturated heterocycles. The first-order valence-corrected chi connectivity index (χ1v) is 6.25. The highest BCUT2D eigenvalue weighted by molar-refractivity contribution is 6.29. The Bertz CT molecular complexity index is 523. The van der Waals surface area contributed by atoms with Crippen LogP contribution in [0.1, 0.15) is 19.3 Å². The molecule has 1 aromatic rings. The minimum absolute atomic E-state index is 0.112. The molecule has 1 amide bonds. The summed E-state index contributed by atoms with van der Waals surface area (Å²) in [6, 6.07) is 2.07. The van der Waals surface area contributed by atoms with Crippen molar-refractivity contribution in [1.29, 1.82) is 0 Å². The van der Waals surface area contributed by atoms with Crippen LogP contribution in [0.25, 0.3) is 0 Å². The molecule has 1 aromatic heterocycles. The van der Waals surface area contributed by atoms with Crippen molar-refractivity contribution in [2.45, 2.75) is 25.3 Å². The number of amides is 1. The van der Waals surface area contributed by atoms with Crippen molar-refractivity contribution in [2.24, 2.45) is 5.73 Å². The first kappa shape index (κ1) is 13.5. The number of pyridine rings is 1. The molecule has 1 atom stereocenters. The molecule has 2 N–H and O–H groups in total. The molecule has 0 spiro atoms. The molecular formula is C11H13ClN4O3. The van der Waals surface area contributed by atoms with Gasteiger partial charge < -0.3 is 10.6 Å². The predicted molar refractivity (Wildman–Crippen MR) is 70.1 cm³/mol. The summed E-state index contributed by atoms with van der Waals surface area (Å²) in [5, 5.41) is 11.2. The Morgan fingerprint density at radius 1 is 1.53 bits per heavy atom. The molecule has 1 aliphatic heterocycles. The van der Waals surface area contributed by atoms with Crippen LogP contribution < -0.4 is 10.6 Å². The first-order valence-electron chi connectivity index (χ1n) is 5.87. The molecule has 2 heterocycles. The van der Waals surface area contributed by atoms with E-state index in [9.17, 15) is 14.9 Å². The van der Waals surface area contributed by atoms with Gasteiger partial charge in [0.05, 0.1) is 4.92 Å². The molecule has 0 aliphatic carbocycles. The minimum Gasteiger partial charge on any atom is -0.368 e. The summed E-state index contributed by atoms with van der Waals surface area (Å²) in [5.41, 5.74) is 5.18. The third-order valence-corrected chi connectivity index (χ3v) is 3.33. The molecule has 8 heteroatoms. The third kappa shape index (κ3) is 2.76. The summed E-state index contributed by atoms with van der Waals surface area (Å²) in [5.74, 6) is -0.392. The summed E-state index contributed by atoms with van der Waals surface area (Å²) in [7, 11) is 0. The smallest absolute Gasteiger partial charge is 0.311 e. The highest BCUT2D eigenvalue weighted by Gasteiger charge is 2.32. The maximum absolute atomic E-state index is 11.5. The number of hydrogen-bond acceptors (Lipinski definition) is 5.